The number of nitrogens with two attached hydrogens (primary N) is 2. The van der Waals surface area contributed by atoms with Crippen LogP contribution in [0.2, 0.25) is 0 Å². The highest BCUT2D eigenvalue weighted by atomic mass is 32.2. The number of rotatable bonds is 8. The van der Waals surface area contributed by atoms with E-state index in [0.717, 1.165) is 16.4 Å². The predicted octanol–water partition coefficient (Wildman–Crippen LogP) is -3.76. The molecule has 1 saturated heterocycles. The molecule has 19 heteroatoms. The molecule has 2 aliphatic rings. The number of nitrogens with one attached hydrogen (secondary N) is 2. The molecule has 5 heterocycles. The topological polar surface area (TPSA) is 250 Å². The number of amides is 3. The predicted molar refractivity (Wildman–Crippen MR) is 133 cm³/mol. The number of imidazole rings is 1. The van der Waals surface area contributed by atoms with Gasteiger partial charge in [-0.3, -0.25) is 24.6 Å². The van der Waals surface area contributed by atoms with Crippen molar-refractivity contribution in [1.82, 2.24) is 29.2 Å². The number of hydrogen-bond acceptors (Lipinski definition) is 14. The Hall–Kier alpha value is -4.62. The molecular formula is C20H19N11O6S2. The minimum atomic E-state index is -1.56. The van der Waals surface area contributed by atoms with E-state index in [1.54, 1.807) is 22.9 Å². The Morgan fingerprint density at radius 2 is 2.15 bits per heavy atom. The van der Waals surface area contributed by atoms with Gasteiger partial charge in [0.15, 0.2) is 11.3 Å². The van der Waals surface area contributed by atoms with Crippen molar-refractivity contribution in [3.05, 3.63) is 41.6 Å². The van der Waals surface area contributed by atoms with E-state index in [0.29, 0.717) is 17.0 Å². The van der Waals surface area contributed by atoms with E-state index in [4.69, 9.17) is 11.5 Å². The van der Waals surface area contributed by atoms with E-state index in [2.05, 4.69) is 30.2 Å². The van der Waals surface area contributed by atoms with Crippen molar-refractivity contribution in [3.63, 3.8) is 0 Å². The molecule has 0 radical (unpaired) electrons. The highest BCUT2D eigenvalue weighted by molar-refractivity contribution is 8.00. The summed E-state index contributed by atoms with van der Waals surface area (Å²) in [4.78, 5) is 54.5. The van der Waals surface area contributed by atoms with Gasteiger partial charge in [-0.15, -0.1) is 11.8 Å². The second-order valence-corrected chi connectivity index (χ2v) is 10.1. The van der Waals surface area contributed by atoms with Crippen LogP contribution in [0, 0.1) is 0 Å². The quantitative estimate of drug-likeness (QED) is 0.0573. The largest absolute Gasteiger partial charge is 0.543 e. The van der Waals surface area contributed by atoms with Gasteiger partial charge in [0, 0.05) is 28.9 Å². The number of carbonyl (C=O) groups is 4. The third-order valence-corrected chi connectivity index (χ3v) is 7.72. The molecule has 202 valence electrons. The Morgan fingerprint density at radius 3 is 2.82 bits per heavy atom. The van der Waals surface area contributed by atoms with Gasteiger partial charge in [-0.05, 0) is 6.07 Å². The molecule has 1 fully saturated rings. The van der Waals surface area contributed by atoms with Gasteiger partial charge in [-0.2, -0.15) is 9.36 Å². The van der Waals surface area contributed by atoms with Gasteiger partial charge >= 0.3 is 5.65 Å². The van der Waals surface area contributed by atoms with E-state index in [1.165, 1.54) is 22.5 Å². The maximum absolute atomic E-state index is 13.0. The molecule has 0 unspecified atom stereocenters. The number of β-lactam (4-membered cyclic amide) rings is 1. The third-order valence-electron chi connectivity index (χ3n) is 5.84. The molecule has 3 aromatic heterocycles. The zero-order valence-electron chi connectivity index (χ0n) is 19.7. The number of thioether (sulfide) groups is 1. The Morgan fingerprint density at radius 1 is 1.36 bits per heavy atom. The summed E-state index contributed by atoms with van der Waals surface area (Å²) in [5, 5.41) is 32.9. The zero-order valence-corrected chi connectivity index (χ0v) is 21.3. The lowest BCUT2D eigenvalue weighted by molar-refractivity contribution is -0.662. The Labute approximate surface area is 226 Å². The van der Waals surface area contributed by atoms with Crippen LogP contribution in [0.1, 0.15) is 5.82 Å². The molecule has 7 N–H and O–H groups in total. The summed E-state index contributed by atoms with van der Waals surface area (Å²) < 4.78 is 6.93. The molecule has 0 aromatic carbocycles. The Balaban J connectivity index is 1.39. The summed E-state index contributed by atoms with van der Waals surface area (Å²) in [7, 11) is 0. The van der Waals surface area contributed by atoms with Crippen molar-refractivity contribution in [1.29, 1.82) is 0 Å². The van der Waals surface area contributed by atoms with Crippen LogP contribution in [0.3, 0.4) is 0 Å². The lowest BCUT2D eigenvalue weighted by Crippen LogP contribution is -2.71. The molecule has 2 atom stereocenters. The average molecular weight is 574 g/mol. The first-order valence-corrected chi connectivity index (χ1v) is 12.9. The molecule has 17 nitrogen and oxygen atoms in total. The number of aromatic nitrogens is 5. The minimum Gasteiger partial charge on any atom is -0.543 e. The van der Waals surface area contributed by atoms with Crippen LogP contribution >= 0.6 is 23.3 Å². The fourth-order valence-corrected chi connectivity index (χ4v) is 5.94. The van der Waals surface area contributed by atoms with Gasteiger partial charge in [0.1, 0.15) is 18.0 Å². The van der Waals surface area contributed by atoms with Crippen molar-refractivity contribution in [2.24, 2.45) is 10.9 Å². The number of carboxylic acid groups (broad SMARTS) is 1. The van der Waals surface area contributed by atoms with E-state index in [9.17, 15) is 29.5 Å². The smallest absolute Gasteiger partial charge is 0.309 e. The van der Waals surface area contributed by atoms with Crippen LogP contribution in [0.15, 0.2) is 41.0 Å². The van der Waals surface area contributed by atoms with Crippen LogP contribution in [-0.4, -0.2) is 82.2 Å². The zero-order chi connectivity index (χ0) is 27.8. The Kier molecular flexibility index (Phi) is 6.85. The maximum atomic E-state index is 13.0. The normalized spacial score (nSPS) is 19.1. The first-order valence-electron chi connectivity index (χ1n) is 11.1. The Bertz CT molecular complexity index is 1580. The lowest BCUT2D eigenvalue weighted by atomic mass is 10.0. The minimum absolute atomic E-state index is 0.0375. The highest BCUT2D eigenvalue weighted by Gasteiger charge is 2.53. The third kappa shape index (κ3) is 4.62. The first kappa shape index (κ1) is 26.0. The molecule has 0 saturated carbocycles. The van der Waals surface area contributed by atoms with Crippen molar-refractivity contribution in [2.75, 3.05) is 23.3 Å². The summed E-state index contributed by atoms with van der Waals surface area (Å²) in [5.41, 5.74) is 10.9. The van der Waals surface area contributed by atoms with Gasteiger partial charge in [-0.25, -0.2) is 4.57 Å². The van der Waals surface area contributed by atoms with Gasteiger partial charge in [0.2, 0.25) is 17.4 Å². The summed E-state index contributed by atoms with van der Waals surface area (Å²) >= 11 is 2.02. The summed E-state index contributed by atoms with van der Waals surface area (Å²) in [6.07, 6.45) is 3.09. The maximum Gasteiger partial charge on any atom is 0.309 e. The number of fused-ring (bicyclic) bond motifs is 2. The van der Waals surface area contributed by atoms with Crippen LogP contribution < -0.4 is 31.8 Å². The summed E-state index contributed by atoms with van der Waals surface area (Å²) in [5.74, 6) is -3.35. The van der Waals surface area contributed by atoms with Crippen LogP contribution in [0.4, 0.5) is 10.9 Å². The number of carboxylic acids is 1. The van der Waals surface area contributed by atoms with Crippen molar-refractivity contribution < 1.29 is 34.1 Å². The SMILES string of the molecule is NCC(=O)Nc1c[n+](CC2=C(C(=O)[O-])N3C(=O)[C@@H](NC(=O)/C(=N\O)c4nsc(N)n4)[C@H]3SC2)c2cccnn12. The van der Waals surface area contributed by atoms with E-state index in [1.807, 2.05) is 0 Å². The molecule has 0 spiro atoms. The fourth-order valence-electron chi connectivity index (χ4n) is 4.17. The monoisotopic (exact) mass is 573 g/mol. The average Bonchev–Trinajstić information content (AvgIpc) is 3.50. The number of nitrogen functional groups attached to an aromatic ring is 1. The standard InChI is InChI=1S/C20H19N11O6S2/c21-4-10(32)24-9-6-29(11-2-1-3-23-31(9)11)5-8-7-38-18-13(17(34)30(18)14(8)19(35)36)25-16(33)12(27-37)15-26-20(22)39-28-15/h1-3,6,13,18H,4-5,7,21H2,(H5-,22,23,24,25,26,28,32,33,35,36,37)/t13-,18-/m1/s1. The molecule has 0 aliphatic carbocycles. The highest BCUT2D eigenvalue weighted by Crippen LogP contribution is 2.40. The number of carbonyl (C=O) groups excluding carboxylic acids is 4. The molecule has 3 aromatic rings. The lowest BCUT2D eigenvalue weighted by Gasteiger charge is -2.50. The van der Waals surface area contributed by atoms with E-state index >= 15 is 0 Å². The van der Waals surface area contributed by atoms with Gasteiger partial charge in [0.25, 0.3) is 17.6 Å². The fraction of sp³-hybridized carbons (Fsp3) is 0.250. The first-order chi connectivity index (χ1) is 18.7. The molecular weight excluding hydrogens is 554 g/mol. The van der Waals surface area contributed by atoms with Crippen molar-refractivity contribution in [2.45, 2.75) is 18.0 Å². The number of aliphatic carboxylic acids is 1. The van der Waals surface area contributed by atoms with Crippen LogP contribution in [-0.2, 0) is 25.7 Å². The van der Waals surface area contributed by atoms with Crippen molar-refractivity contribution in [3.8, 4) is 0 Å². The second-order valence-electron chi connectivity index (χ2n) is 8.19. The van der Waals surface area contributed by atoms with E-state index < -0.39 is 40.8 Å². The molecule has 0 bridgehead atoms. The number of anilines is 2. The number of hydrogen-bond donors (Lipinski definition) is 5. The summed E-state index contributed by atoms with van der Waals surface area (Å²) in [6.45, 7) is -0.206. The molecule has 5 rings (SSSR count). The van der Waals surface area contributed by atoms with Crippen LogP contribution in [0.25, 0.3) is 5.65 Å². The molecule has 2 aliphatic heterocycles. The van der Waals surface area contributed by atoms with Gasteiger partial charge < -0.3 is 31.9 Å². The van der Waals surface area contributed by atoms with E-state index in [-0.39, 0.29) is 35.5 Å². The van der Waals surface area contributed by atoms with Gasteiger partial charge in [0.05, 0.1) is 24.4 Å². The van der Waals surface area contributed by atoms with Gasteiger partial charge in [-0.1, -0.05) is 14.8 Å². The van der Waals surface area contributed by atoms with Crippen molar-refractivity contribution >= 4 is 69.3 Å². The second kappa shape index (κ2) is 10.3. The number of nitrogens with zero attached hydrogens (tertiary/aromatic N) is 7. The molecule has 39 heavy (non-hydrogen) atoms. The van der Waals surface area contributed by atoms with Crippen LogP contribution in [0.5, 0.6) is 0 Å². The number of oxime groups is 1. The molecule has 3 amide bonds. The summed E-state index contributed by atoms with van der Waals surface area (Å²) in [6, 6.07) is 2.29.